The van der Waals surface area contributed by atoms with Crippen LogP contribution in [0.5, 0.6) is 11.6 Å². The SMILES string of the molecule is CSc1cc(Oc2c(N)cc(C#N)cc2I)ncn1. The van der Waals surface area contributed by atoms with Crippen molar-refractivity contribution < 1.29 is 4.74 Å². The van der Waals surface area contributed by atoms with Crippen molar-refractivity contribution in [3.63, 3.8) is 0 Å². The first-order valence-corrected chi connectivity index (χ1v) is 7.47. The molecule has 0 spiro atoms. The van der Waals surface area contributed by atoms with E-state index in [1.165, 1.54) is 18.1 Å². The molecule has 0 aliphatic carbocycles. The normalized spacial score (nSPS) is 9.95. The Morgan fingerprint density at radius 2 is 2.16 bits per heavy atom. The molecule has 0 fully saturated rings. The van der Waals surface area contributed by atoms with E-state index in [4.69, 9.17) is 15.7 Å². The molecule has 0 saturated carbocycles. The lowest BCUT2D eigenvalue weighted by Gasteiger charge is -2.10. The van der Waals surface area contributed by atoms with Gasteiger partial charge >= 0.3 is 0 Å². The minimum atomic E-state index is 0.410. The fourth-order valence-electron chi connectivity index (χ4n) is 1.38. The summed E-state index contributed by atoms with van der Waals surface area (Å²) in [6, 6.07) is 7.07. The zero-order valence-corrected chi connectivity index (χ0v) is 12.9. The van der Waals surface area contributed by atoms with Gasteiger partial charge in [0.1, 0.15) is 11.4 Å². The largest absolute Gasteiger partial charge is 0.436 e. The van der Waals surface area contributed by atoms with E-state index in [1.807, 2.05) is 12.3 Å². The Balaban J connectivity index is 2.36. The van der Waals surface area contributed by atoms with Crippen LogP contribution in [0.4, 0.5) is 5.69 Å². The second kappa shape index (κ2) is 6.08. The van der Waals surface area contributed by atoms with Crippen molar-refractivity contribution in [3.8, 4) is 17.7 Å². The molecule has 0 atom stereocenters. The first-order valence-electron chi connectivity index (χ1n) is 5.17. The second-order valence-electron chi connectivity index (χ2n) is 3.49. The van der Waals surface area contributed by atoms with Crippen LogP contribution in [0.1, 0.15) is 5.56 Å². The average molecular weight is 384 g/mol. The number of hydrogen-bond acceptors (Lipinski definition) is 6. The van der Waals surface area contributed by atoms with Crippen molar-refractivity contribution in [2.75, 3.05) is 12.0 Å². The third kappa shape index (κ3) is 3.27. The molecule has 0 saturated heterocycles. The maximum atomic E-state index is 8.86. The summed E-state index contributed by atoms with van der Waals surface area (Å²) in [6.07, 6.45) is 3.36. The Kier molecular flexibility index (Phi) is 4.44. The highest BCUT2D eigenvalue weighted by molar-refractivity contribution is 14.1. The smallest absolute Gasteiger partial charge is 0.223 e. The number of ether oxygens (including phenoxy) is 1. The third-order valence-electron chi connectivity index (χ3n) is 2.23. The van der Waals surface area contributed by atoms with Crippen molar-refractivity contribution in [1.29, 1.82) is 5.26 Å². The zero-order valence-electron chi connectivity index (χ0n) is 9.92. The van der Waals surface area contributed by atoms with E-state index in [9.17, 15) is 0 Å². The molecule has 0 aliphatic rings. The fraction of sp³-hybridized carbons (Fsp3) is 0.0833. The van der Waals surface area contributed by atoms with Gasteiger partial charge in [0.05, 0.1) is 20.9 Å². The van der Waals surface area contributed by atoms with Crippen LogP contribution in [0.15, 0.2) is 29.6 Å². The Hall–Kier alpha value is -1.53. The number of hydrogen-bond donors (Lipinski definition) is 1. The summed E-state index contributed by atoms with van der Waals surface area (Å²) >= 11 is 3.58. The van der Waals surface area contributed by atoms with E-state index in [2.05, 4.69) is 32.6 Å². The number of anilines is 1. The first-order chi connectivity index (χ1) is 9.13. The van der Waals surface area contributed by atoms with Crippen molar-refractivity contribution in [2.24, 2.45) is 0 Å². The highest BCUT2D eigenvalue weighted by Gasteiger charge is 2.11. The summed E-state index contributed by atoms with van der Waals surface area (Å²) in [7, 11) is 0. The predicted octanol–water partition coefficient (Wildman–Crippen LogP) is 3.05. The topological polar surface area (TPSA) is 84.8 Å². The molecule has 0 unspecified atom stereocenters. The summed E-state index contributed by atoms with van der Waals surface area (Å²) in [5.74, 6) is 0.930. The van der Waals surface area contributed by atoms with E-state index >= 15 is 0 Å². The summed E-state index contributed by atoms with van der Waals surface area (Å²) in [5, 5.41) is 9.67. The molecule has 2 aromatic rings. The first kappa shape index (κ1) is 13.9. The van der Waals surface area contributed by atoms with Crippen LogP contribution in [-0.2, 0) is 0 Å². The minimum absolute atomic E-state index is 0.410. The minimum Gasteiger partial charge on any atom is -0.436 e. The van der Waals surface area contributed by atoms with Gasteiger partial charge in [-0.25, -0.2) is 9.97 Å². The molecular weight excluding hydrogens is 375 g/mol. The lowest BCUT2D eigenvalue weighted by atomic mass is 10.2. The van der Waals surface area contributed by atoms with Gasteiger partial charge in [0.25, 0.3) is 0 Å². The van der Waals surface area contributed by atoms with Crippen LogP contribution in [0.2, 0.25) is 0 Å². The number of rotatable bonds is 3. The number of benzene rings is 1. The number of nitrogens with two attached hydrogens (primary N) is 1. The highest BCUT2D eigenvalue weighted by atomic mass is 127. The molecule has 96 valence electrons. The molecule has 0 bridgehead atoms. The van der Waals surface area contributed by atoms with Crippen LogP contribution in [0.3, 0.4) is 0 Å². The van der Waals surface area contributed by atoms with Crippen molar-refractivity contribution in [2.45, 2.75) is 5.03 Å². The molecule has 0 aliphatic heterocycles. The molecule has 1 aromatic carbocycles. The summed E-state index contributed by atoms with van der Waals surface area (Å²) in [5.41, 5.74) is 6.80. The lowest BCUT2D eigenvalue weighted by Crippen LogP contribution is -1.98. The standard InChI is InChI=1S/C12H9IN4OS/c1-19-11-4-10(16-6-17-11)18-12-8(13)2-7(5-14)3-9(12)15/h2-4,6H,15H2,1H3. The van der Waals surface area contributed by atoms with Gasteiger partial charge < -0.3 is 10.5 Å². The van der Waals surface area contributed by atoms with Gasteiger partial charge in [0, 0.05) is 6.07 Å². The van der Waals surface area contributed by atoms with Gasteiger partial charge in [0.15, 0.2) is 5.75 Å². The molecular formula is C12H9IN4OS. The average Bonchev–Trinajstić information content (AvgIpc) is 2.42. The second-order valence-corrected chi connectivity index (χ2v) is 5.48. The molecule has 2 N–H and O–H groups in total. The number of halogens is 1. The quantitative estimate of drug-likeness (QED) is 0.379. The van der Waals surface area contributed by atoms with Gasteiger partial charge in [-0.2, -0.15) is 5.26 Å². The van der Waals surface area contributed by atoms with Crippen LogP contribution in [0, 0.1) is 14.9 Å². The molecule has 0 amide bonds. The van der Waals surface area contributed by atoms with Gasteiger partial charge in [-0.3, -0.25) is 0 Å². The summed E-state index contributed by atoms with van der Waals surface area (Å²) in [4.78, 5) is 8.10. The molecule has 1 heterocycles. The van der Waals surface area contributed by atoms with E-state index in [-0.39, 0.29) is 0 Å². The van der Waals surface area contributed by atoms with Crippen LogP contribution in [0.25, 0.3) is 0 Å². The fourth-order valence-corrected chi connectivity index (χ4v) is 2.51. The Labute approximate surface area is 128 Å². The van der Waals surface area contributed by atoms with Crippen LogP contribution < -0.4 is 10.5 Å². The highest BCUT2D eigenvalue weighted by Crippen LogP contribution is 2.33. The number of nitriles is 1. The maximum Gasteiger partial charge on any atom is 0.223 e. The van der Waals surface area contributed by atoms with Gasteiger partial charge in [-0.15, -0.1) is 11.8 Å². The van der Waals surface area contributed by atoms with E-state index in [0.717, 1.165) is 8.60 Å². The summed E-state index contributed by atoms with van der Waals surface area (Å²) in [6.45, 7) is 0. The summed E-state index contributed by atoms with van der Waals surface area (Å²) < 4.78 is 6.44. The van der Waals surface area contributed by atoms with E-state index in [1.54, 1.807) is 18.2 Å². The van der Waals surface area contributed by atoms with Crippen LogP contribution in [-0.4, -0.2) is 16.2 Å². The van der Waals surface area contributed by atoms with E-state index in [0.29, 0.717) is 22.9 Å². The molecule has 0 radical (unpaired) electrons. The maximum absolute atomic E-state index is 8.86. The van der Waals surface area contributed by atoms with Crippen LogP contribution >= 0.6 is 34.4 Å². The predicted molar refractivity (Wildman–Crippen MR) is 82.2 cm³/mol. The molecule has 7 heteroatoms. The lowest BCUT2D eigenvalue weighted by molar-refractivity contribution is 0.458. The van der Waals surface area contributed by atoms with E-state index < -0.39 is 0 Å². The monoisotopic (exact) mass is 384 g/mol. The molecule has 19 heavy (non-hydrogen) atoms. The van der Waals surface area contributed by atoms with Gasteiger partial charge in [0.2, 0.25) is 5.88 Å². The van der Waals surface area contributed by atoms with Gasteiger partial charge in [-0.05, 0) is 41.0 Å². The Morgan fingerprint density at radius 1 is 1.37 bits per heavy atom. The third-order valence-corrected chi connectivity index (χ3v) is 3.68. The van der Waals surface area contributed by atoms with Crippen molar-refractivity contribution in [1.82, 2.24) is 9.97 Å². The Bertz CT molecular complexity index is 633. The number of nitrogens with zero attached hydrogens (tertiary/aromatic N) is 3. The molecule has 5 nitrogen and oxygen atoms in total. The number of thioether (sulfide) groups is 1. The molecule has 2 rings (SSSR count). The zero-order chi connectivity index (χ0) is 13.8. The molecule has 1 aromatic heterocycles. The van der Waals surface area contributed by atoms with Crippen molar-refractivity contribution in [3.05, 3.63) is 33.7 Å². The van der Waals surface area contributed by atoms with Gasteiger partial charge in [-0.1, -0.05) is 0 Å². The number of nitrogen functional groups attached to an aromatic ring is 1. The Morgan fingerprint density at radius 3 is 2.79 bits per heavy atom. The number of aromatic nitrogens is 2. The van der Waals surface area contributed by atoms with Crippen molar-refractivity contribution >= 4 is 40.0 Å².